The van der Waals surface area contributed by atoms with Crippen molar-refractivity contribution < 1.29 is 14.3 Å². The van der Waals surface area contributed by atoms with Crippen molar-refractivity contribution in [3.8, 4) is 0 Å². The van der Waals surface area contributed by atoms with Gasteiger partial charge in [-0.15, -0.1) is 0 Å². The van der Waals surface area contributed by atoms with Crippen LogP contribution >= 0.6 is 0 Å². The Labute approximate surface area is 115 Å². The number of rotatable bonds is 2. The molecule has 2 unspecified atom stereocenters. The predicted molar refractivity (Wildman–Crippen MR) is 73.0 cm³/mol. The van der Waals surface area contributed by atoms with Crippen LogP contribution in [0.1, 0.15) is 51.4 Å². The zero-order valence-corrected chi connectivity index (χ0v) is 11.7. The van der Waals surface area contributed by atoms with Gasteiger partial charge in [0.25, 0.3) is 0 Å². The molecule has 0 radical (unpaired) electrons. The summed E-state index contributed by atoms with van der Waals surface area (Å²) in [5.74, 6) is 0.566. The molecule has 0 saturated carbocycles. The molecule has 3 heteroatoms. The van der Waals surface area contributed by atoms with E-state index in [9.17, 15) is 4.79 Å². The molecule has 2 saturated heterocycles. The SMILES string of the molecule is O=C(C1=CCCCCC1)C1CCOC2(CCOC2)C1. The number of Topliss-reactive ketones (excluding diaryl/α,β-unsaturated/α-hetero) is 1. The molecule has 1 aliphatic carbocycles. The number of carbonyl (C=O) groups excluding carboxylic acids is 1. The molecule has 0 aromatic heterocycles. The lowest BCUT2D eigenvalue weighted by Gasteiger charge is -2.36. The molecule has 0 aromatic rings. The first-order valence-corrected chi connectivity index (χ1v) is 7.74. The number of ether oxygens (including phenoxy) is 2. The van der Waals surface area contributed by atoms with Crippen molar-refractivity contribution in [1.29, 1.82) is 0 Å². The summed E-state index contributed by atoms with van der Waals surface area (Å²) in [5, 5.41) is 0. The minimum absolute atomic E-state index is 0.149. The first-order valence-electron chi connectivity index (χ1n) is 7.74. The summed E-state index contributed by atoms with van der Waals surface area (Å²) >= 11 is 0. The van der Waals surface area contributed by atoms with E-state index in [1.165, 1.54) is 19.3 Å². The molecule has 0 N–H and O–H groups in total. The summed E-state index contributed by atoms with van der Waals surface area (Å²) in [6.07, 6.45) is 10.6. The second-order valence-electron chi connectivity index (χ2n) is 6.22. The molecule has 3 rings (SSSR count). The number of carbonyl (C=O) groups is 1. The summed E-state index contributed by atoms with van der Waals surface area (Å²) in [6, 6.07) is 0. The molecular formula is C16H24O3. The van der Waals surface area contributed by atoms with Gasteiger partial charge in [0, 0.05) is 25.6 Å². The van der Waals surface area contributed by atoms with Gasteiger partial charge in [0.05, 0.1) is 12.2 Å². The number of allylic oxidation sites excluding steroid dienone is 2. The summed E-state index contributed by atoms with van der Waals surface area (Å²) < 4.78 is 11.4. The van der Waals surface area contributed by atoms with Crippen LogP contribution in [0.25, 0.3) is 0 Å². The van der Waals surface area contributed by atoms with Crippen LogP contribution in [0.4, 0.5) is 0 Å². The molecule has 2 aliphatic heterocycles. The fourth-order valence-corrected chi connectivity index (χ4v) is 3.62. The lowest BCUT2D eigenvalue weighted by molar-refractivity contribution is -0.133. The van der Waals surface area contributed by atoms with E-state index < -0.39 is 0 Å². The Morgan fingerprint density at radius 1 is 1.26 bits per heavy atom. The van der Waals surface area contributed by atoms with Crippen molar-refractivity contribution in [3.63, 3.8) is 0 Å². The van der Waals surface area contributed by atoms with Crippen LogP contribution in [0, 0.1) is 5.92 Å². The van der Waals surface area contributed by atoms with Gasteiger partial charge < -0.3 is 9.47 Å². The maximum atomic E-state index is 12.7. The van der Waals surface area contributed by atoms with Crippen LogP contribution < -0.4 is 0 Å². The largest absolute Gasteiger partial charge is 0.378 e. The number of hydrogen-bond donors (Lipinski definition) is 0. The van der Waals surface area contributed by atoms with Gasteiger partial charge in [-0.3, -0.25) is 4.79 Å². The highest BCUT2D eigenvalue weighted by Crippen LogP contribution is 2.37. The van der Waals surface area contributed by atoms with Gasteiger partial charge in [0.2, 0.25) is 0 Å². The maximum absolute atomic E-state index is 12.7. The predicted octanol–water partition coefficient (Wildman–Crippen LogP) is 3.03. The summed E-state index contributed by atoms with van der Waals surface area (Å²) in [4.78, 5) is 12.7. The summed E-state index contributed by atoms with van der Waals surface area (Å²) in [5.41, 5.74) is 0.947. The minimum atomic E-state index is -0.149. The molecule has 1 spiro atoms. The molecule has 3 nitrogen and oxygen atoms in total. The van der Waals surface area contributed by atoms with E-state index in [1.54, 1.807) is 0 Å². The van der Waals surface area contributed by atoms with Gasteiger partial charge in [-0.05, 0) is 44.1 Å². The molecule has 0 bridgehead atoms. The van der Waals surface area contributed by atoms with E-state index >= 15 is 0 Å². The Kier molecular flexibility index (Phi) is 4.04. The molecule has 2 atom stereocenters. The quantitative estimate of drug-likeness (QED) is 0.769. The van der Waals surface area contributed by atoms with Crippen molar-refractivity contribution in [2.75, 3.05) is 19.8 Å². The Morgan fingerprint density at radius 2 is 2.21 bits per heavy atom. The van der Waals surface area contributed by atoms with Gasteiger partial charge in [-0.2, -0.15) is 0 Å². The topological polar surface area (TPSA) is 35.5 Å². The van der Waals surface area contributed by atoms with Crippen LogP contribution in [-0.2, 0) is 14.3 Å². The van der Waals surface area contributed by atoms with Gasteiger partial charge in [0.15, 0.2) is 5.78 Å². The Balaban J connectivity index is 1.67. The van der Waals surface area contributed by atoms with Gasteiger partial charge >= 0.3 is 0 Å². The third kappa shape index (κ3) is 2.92. The third-order valence-corrected chi connectivity index (χ3v) is 4.79. The number of ketones is 1. The molecule has 2 heterocycles. The molecule has 0 aromatic carbocycles. The van der Waals surface area contributed by atoms with Crippen molar-refractivity contribution in [2.24, 2.45) is 5.92 Å². The van der Waals surface area contributed by atoms with Crippen LogP contribution in [-0.4, -0.2) is 31.2 Å². The first kappa shape index (κ1) is 13.3. The van der Waals surface area contributed by atoms with E-state index in [4.69, 9.17) is 9.47 Å². The van der Waals surface area contributed by atoms with Gasteiger partial charge in [0.1, 0.15) is 0 Å². The fraction of sp³-hybridized carbons (Fsp3) is 0.812. The van der Waals surface area contributed by atoms with E-state index in [0.717, 1.165) is 44.3 Å². The monoisotopic (exact) mass is 264 g/mol. The van der Waals surface area contributed by atoms with E-state index in [2.05, 4.69) is 6.08 Å². The van der Waals surface area contributed by atoms with Crippen LogP contribution in [0.2, 0.25) is 0 Å². The molecular weight excluding hydrogens is 240 g/mol. The average molecular weight is 264 g/mol. The van der Waals surface area contributed by atoms with Crippen LogP contribution in [0.5, 0.6) is 0 Å². The van der Waals surface area contributed by atoms with E-state index in [0.29, 0.717) is 19.0 Å². The zero-order chi connectivity index (χ0) is 13.1. The van der Waals surface area contributed by atoms with Crippen molar-refractivity contribution >= 4 is 5.78 Å². The highest BCUT2D eigenvalue weighted by molar-refractivity contribution is 5.97. The summed E-state index contributed by atoms with van der Waals surface area (Å²) in [7, 11) is 0. The van der Waals surface area contributed by atoms with E-state index in [1.807, 2.05) is 0 Å². The molecule has 19 heavy (non-hydrogen) atoms. The minimum Gasteiger partial charge on any atom is -0.378 e. The lowest BCUT2D eigenvalue weighted by Crippen LogP contribution is -2.42. The standard InChI is InChI=1S/C16H24O3/c17-15(13-5-3-1-2-4-6-13)14-7-9-19-16(11-14)8-10-18-12-16/h5,14H,1-4,6-12H2. The molecule has 3 aliphatic rings. The molecule has 2 fully saturated rings. The highest BCUT2D eigenvalue weighted by atomic mass is 16.6. The zero-order valence-electron chi connectivity index (χ0n) is 11.7. The third-order valence-electron chi connectivity index (χ3n) is 4.79. The van der Waals surface area contributed by atoms with Crippen molar-refractivity contribution in [1.82, 2.24) is 0 Å². The average Bonchev–Trinajstić information content (AvgIpc) is 2.72. The second kappa shape index (κ2) is 5.76. The van der Waals surface area contributed by atoms with Crippen LogP contribution in [0.3, 0.4) is 0 Å². The number of hydrogen-bond acceptors (Lipinski definition) is 3. The van der Waals surface area contributed by atoms with Gasteiger partial charge in [-0.1, -0.05) is 12.5 Å². The van der Waals surface area contributed by atoms with E-state index in [-0.39, 0.29) is 11.5 Å². The smallest absolute Gasteiger partial charge is 0.161 e. The van der Waals surface area contributed by atoms with Crippen LogP contribution in [0.15, 0.2) is 11.6 Å². The second-order valence-corrected chi connectivity index (χ2v) is 6.22. The molecule has 106 valence electrons. The summed E-state index contributed by atoms with van der Waals surface area (Å²) in [6.45, 7) is 2.17. The Bertz CT molecular complexity index is 366. The van der Waals surface area contributed by atoms with Crippen molar-refractivity contribution in [2.45, 2.75) is 57.0 Å². The molecule has 0 amide bonds. The highest BCUT2D eigenvalue weighted by Gasteiger charge is 2.43. The van der Waals surface area contributed by atoms with Gasteiger partial charge in [-0.25, -0.2) is 0 Å². The fourth-order valence-electron chi connectivity index (χ4n) is 3.62. The normalized spacial score (nSPS) is 36.0. The Hall–Kier alpha value is -0.670. The maximum Gasteiger partial charge on any atom is 0.161 e. The first-order chi connectivity index (χ1) is 9.29. The Morgan fingerprint density at radius 3 is 3.05 bits per heavy atom. The lowest BCUT2D eigenvalue weighted by atomic mass is 9.80. The van der Waals surface area contributed by atoms with Crippen molar-refractivity contribution in [3.05, 3.63) is 11.6 Å².